The lowest BCUT2D eigenvalue weighted by atomic mass is 10.2. The number of aryl methyl sites for hydroxylation is 2. The molecule has 3 rings (SSSR count). The summed E-state index contributed by atoms with van der Waals surface area (Å²) in [5, 5.41) is 0.470. The van der Waals surface area contributed by atoms with Crippen molar-refractivity contribution in [1.29, 1.82) is 0 Å². The van der Waals surface area contributed by atoms with Crippen LogP contribution in [0.4, 0.5) is 13.2 Å². The van der Waals surface area contributed by atoms with Crippen molar-refractivity contribution < 1.29 is 13.2 Å². The van der Waals surface area contributed by atoms with Crippen LogP contribution in [0, 0.1) is 13.8 Å². The molecule has 0 atom stereocenters. The van der Waals surface area contributed by atoms with Gasteiger partial charge in [0.15, 0.2) is 0 Å². The maximum atomic E-state index is 12.8. The Morgan fingerprint density at radius 3 is 2.62 bits per heavy atom. The Labute approximate surface area is 137 Å². The fourth-order valence-electron chi connectivity index (χ4n) is 2.36. The fourth-order valence-corrected chi connectivity index (χ4v) is 3.41. The molecule has 0 fully saturated rings. The molecule has 0 aromatic carbocycles. The van der Waals surface area contributed by atoms with Crippen LogP contribution in [0.3, 0.4) is 0 Å². The summed E-state index contributed by atoms with van der Waals surface area (Å²) in [6.07, 6.45) is -3.83. The van der Waals surface area contributed by atoms with Gasteiger partial charge in [-0.3, -0.25) is 9.59 Å². The average molecular weight is 355 g/mol. The number of halogens is 3. The number of nitrogens with one attached hydrogen (secondary N) is 1. The second-order valence-electron chi connectivity index (χ2n) is 5.36. The number of alkyl halides is 3. The van der Waals surface area contributed by atoms with Gasteiger partial charge in [0.1, 0.15) is 10.7 Å². The molecular weight excluding hydrogens is 343 g/mol. The number of rotatable bonds is 2. The highest BCUT2D eigenvalue weighted by Crippen LogP contribution is 2.28. The number of fused-ring (bicyclic) bond motifs is 1. The van der Waals surface area contributed by atoms with Gasteiger partial charge in [-0.1, -0.05) is 0 Å². The van der Waals surface area contributed by atoms with Gasteiger partial charge in [0.25, 0.3) is 11.1 Å². The second kappa shape index (κ2) is 5.59. The van der Waals surface area contributed by atoms with Crippen molar-refractivity contribution in [1.82, 2.24) is 14.5 Å². The summed E-state index contributed by atoms with van der Waals surface area (Å²) in [4.78, 5) is 32.2. The molecule has 0 spiro atoms. The van der Waals surface area contributed by atoms with E-state index < -0.39 is 17.3 Å². The number of hydrogen-bond acceptors (Lipinski definition) is 4. The first-order chi connectivity index (χ1) is 11.2. The van der Waals surface area contributed by atoms with E-state index in [0.717, 1.165) is 33.3 Å². The van der Waals surface area contributed by atoms with Crippen LogP contribution in [-0.2, 0) is 12.7 Å². The van der Waals surface area contributed by atoms with E-state index in [2.05, 4.69) is 9.97 Å². The van der Waals surface area contributed by atoms with Crippen molar-refractivity contribution in [3.8, 4) is 0 Å². The average Bonchev–Trinajstić information content (AvgIpc) is 2.75. The van der Waals surface area contributed by atoms with Gasteiger partial charge >= 0.3 is 6.18 Å². The van der Waals surface area contributed by atoms with Gasteiger partial charge in [-0.2, -0.15) is 13.2 Å². The number of aromatic amines is 1. The van der Waals surface area contributed by atoms with Crippen LogP contribution < -0.4 is 11.1 Å². The van der Waals surface area contributed by atoms with E-state index in [9.17, 15) is 22.8 Å². The van der Waals surface area contributed by atoms with E-state index in [1.165, 1.54) is 11.3 Å². The third-order valence-electron chi connectivity index (χ3n) is 3.72. The minimum atomic E-state index is -4.55. The van der Waals surface area contributed by atoms with Gasteiger partial charge in [-0.25, -0.2) is 4.98 Å². The van der Waals surface area contributed by atoms with Crippen LogP contribution in [0.15, 0.2) is 27.9 Å². The van der Waals surface area contributed by atoms with E-state index >= 15 is 0 Å². The molecule has 0 unspecified atom stereocenters. The minimum absolute atomic E-state index is 0.134. The first kappa shape index (κ1) is 16.4. The van der Waals surface area contributed by atoms with Crippen molar-refractivity contribution in [2.24, 2.45) is 0 Å². The van der Waals surface area contributed by atoms with Crippen molar-refractivity contribution in [3.63, 3.8) is 0 Å². The summed E-state index contributed by atoms with van der Waals surface area (Å²) in [6.45, 7) is 3.42. The molecular formula is C15H12F3N3O2S. The molecule has 5 nitrogen and oxygen atoms in total. The van der Waals surface area contributed by atoms with Gasteiger partial charge < -0.3 is 9.55 Å². The molecule has 3 aromatic rings. The Balaban J connectivity index is 2.08. The molecule has 0 saturated heterocycles. The first-order valence-electron chi connectivity index (χ1n) is 6.93. The quantitative estimate of drug-likeness (QED) is 0.769. The Morgan fingerprint density at radius 1 is 1.25 bits per heavy atom. The third kappa shape index (κ3) is 2.86. The Hall–Kier alpha value is -2.42. The predicted octanol–water partition coefficient (Wildman–Crippen LogP) is 2.83. The Kier molecular flexibility index (Phi) is 3.83. The van der Waals surface area contributed by atoms with Crippen LogP contribution in [0.1, 0.15) is 21.8 Å². The summed E-state index contributed by atoms with van der Waals surface area (Å²) in [5.41, 5.74) is -1.08. The zero-order chi connectivity index (χ0) is 17.6. The molecule has 0 radical (unpaired) electrons. The Bertz CT molecular complexity index is 1050. The molecule has 3 aromatic heterocycles. The monoisotopic (exact) mass is 355 g/mol. The number of thiophene rings is 1. The lowest BCUT2D eigenvalue weighted by Gasteiger charge is -2.10. The van der Waals surface area contributed by atoms with Crippen molar-refractivity contribution in [2.45, 2.75) is 26.6 Å². The third-order valence-corrected chi connectivity index (χ3v) is 4.82. The highest BCUT2D eigenvalue weighted by atomic mass is 32.1. The summed E-state index contributed by atoms with van der Waals surface area (Å²) in [6, 6.07) is 1.57. The largest absolute Gasteiger partial charge is 0.417 e. The zero-order valence-electron chi connectivity index (χ0n) is 12.7. The van der Waals surface area contributed by atoms with Gasteiger partial charge in [0.2, 0.25) is 0 Å². The van der Waals surface area contributed by atoms with Crippen LogP contribution in [0.2, 0.25) is 0 Å². The topological polar surface area (TPSA) is 67.8 Å². The van der Waals surface area contributed by atoms with E-state index in [1.54, 1.807) is 0 Å². The van der Waals surface area contributed by atoms with Crippen molar-refractivity contribution in [2.75, 3.05) is 0 Å². The number of H-pyrrole nitrogens is 1. The molecule has 3 heterocycles. The highest BCUT2D eigenvalue weighted by Gasteiger charge is 2.31. The summed E-state index contributed by atoms with van der Waals surface area (Å²) < 4.78 is 39.2. The van der Waals surface area contributed by atoms with E-state index in [4.69, 9.17) is 0 Å². The van der Waals surface area contributed by atoms with Crippen molar-refractivity contribution >= 4 is 21.6 Å². The number of nitrogens with zero attached hydrogens (tertiary/aromatic N) is 2. The van der Waals surface area contributed by atoms with Crippen LogP contribution in [0.25, 0.3) is 10.2 Å². The standard InChI is InChI=1S/C15H12F3N3O2S/c1-7-8(2)24-14-12(7)13(23)19-10(20-14)6-21-5-9(15(16,17)18)3-4-11(21)22/h3-5H,6H2,1-2H3,(H,19,20,23). The highest BCUT2D eigenvalue weighted by molar-refractivity contribution is 7.18. The lowest BCUT2D eigenvalue weighted by molar-refractivity contribution is -0.138. The molecule has 9 heteroatoms. The maximum Gasteiger partial charge on any atom is 0.417 e. The molecule has 0 saturated carbocycles. The molecule has 126 valence electrons. The molecule has 1 N–H and O–H groups in total. The summed E-state index contributed by atoms with van der Waals surface area (Å²) >= 11 is 1.33. The second-order valence-corrected chi connectivity index (χ2v) is 6.56. The number of hydrogen-bond donors (Lipinski definition) is 1. The smallest absolute Gasteiger partial charge is 0.308 e. The summed E-state index contributed by atoms with van der Waals surface area (Å²) in [7, 11) is 0. The predicted molar refractivity (Wildman–Crippen MR) is 84.5 cm³/mol. The van der Waals surface area contributed by atoms with E-state index in [-0.39, 0.29) is 17.9 Å². The maximum absolute atomic E-state index is 12.8. The SMILES string of the molecule is Cc1sc2nc(Cn3cc(C(F)(F)F)ccc3=O)[nH]c(=O)c2c1C. The molecule has 0 aliphatic heterocycles. The Morgan fingerprint density at radius 2 is 1.96 bits per heavy atom. The minimum Gasteiger partial charge on any atom is -0.308 e. The molecule has 0 amide bonds. The normalized spacial score (nSPS) is 12.0. The number of pyridine rings is 1. The van der Waals surface area contributed by atoms with Gasteiger partial charge in [0, 0.05) is 17.1 Å². The molecule has 0 bridgehead atoms. The number of aromatic nitrogens is 3. The van der Waals surface area contributed by atoms with Crippen LogP contribution in [0.5, 0.6) is 0 Å². The van der Waals surface area contributed by atoms with E-state index in [0.29, 0.717) is 10.2 Å². The summed E-state index contributed by atoms with van der Waals surface area (Å²) in [5.74, 6) is 0.134. The lowest BCUT2D eigenvalue weighted by Crippen LogP contribution is -2.24. The molecule has 0 aliphatic rings. The van der Waals surface area contributed by atoms with Crippen molar-refractivity contribution in [3.05, 3.63) is 60.9 Å². The fraction of sp³-hybridized carbons (Fsp3) is 0.267. The van der Waals surface area contributed by atoms with Gasteiger partial charge in [-0.05, 0) is 25.5 Å². The first-order valence-corrected chi connectivity index (χ1v) is 7.75. The zero-order valence-corrected chi connectivity index (χ0v) is 13.5. The molecule has 24 heavy (non-hydrogen) atoms. The molecule has 0 aliphatic carbocycles. The van der Waals surface area contributed by atoms with Crippen LogP contribution >= 0.6 is 11.3 Å². The van der Waals surface area contributed by atoms with Gasteiger partial charge in [0.05, 0.1) is 17.5 Å². The van der Waals surface area contributed by atoms with E-state index in [1.807, 2.05) is 13.8 Å². The van der Waals surface area contributed by atoms with Crippen LogP contribution in [-0.4, -0.2) is 14.5 Å². The van der Waals surface area contributed by atoms with Gasteiger partial charge in [-0.15, -0.1) is 11.3 Å².